The summed E-state index contributed by atoms with van der Waals surface area (Å²) in [6.07, 6.45) is 1.83. The molecule has 1 N–H and O–H groups in total. The summed E-state index contributed by atoms with van der Waals surface area (Å²) in [5.74, 6) is 0.744. The van der Waals surface area contributed by atoms with Crippen LogP contribution in [-0.2, 0) is 9.59 Å². The first-order chi connectivity index (χ1) is 11.6. The van der Waals surface area contributed by atoms with Crippen LogP contribution in [0.25, 0.3) is 0 Å². The molecule has 1 aromatic rings. The fourth-order valence-electron chi connectivity index (χ4n) is 3.11. The van der Waals surface area contributed by atoms with E-state index in [1.807, 2.05) is 35.2 Å². The first-order valence-electron chi connectivity index (χ1n) is 8.20. The first kappa shape index (κ1) is 16.8. The number of amides is 4. The van der Waals surface area contributed by atoms with Crippen LogP contribution in [0, 0.1) is 0 Å². The first-order valence-corrected chi connectivity index (χ1v) is 9.19. The molecule has 7 heteroatoms. The number of likely N-dealkylation sites (tertiary alicyclic amines) is 1. The molecule has 2 heterocycles. The van der Waals surface area contributed by atoms with Crippen molar-refractivity contribution in [2.45, 2.75) is 30.2 Å². The van der Waals surface area contributed by atoms with Crippen LogP contribution in [-0.4, -0.2) is 59.1 Å². The molecule has 4 amide bonds. The van der Waals surface area contributed by atoms with Gasteiger partial charge in [0.25, 0.3) is 0 Å². The van der Waals surface area contributed by atoms with Crippen molar-refractivity contribution >= 4 is 29.6 Å². The molecule has 0 saturated carbocycles. The van der Waals surface area contributed by atoms with Crippen LogP contribution >= 0.6 is 11.8 Å². The Morgan fingerprint density at radius 1 is 1.17 bits per heavy atom. The molecule has 1 aromatic carbocycles. The van der Waals surface area contributed by atoms with Crippen LogP contribution in [0.5, 0.6) is 0 Å². The van der Waals surface area contributed by atoms with Gasteiger partial charge in [-0.25, -0.2) is 4.79 Å². The number of carbonyl (C=O) groups excluding carboxylic acids is 3. The maximum atomic E-state index is 12.3. The van der Waals surface area contributed by atoms with Gasteiger partial charge in [0.05, 0.1) is 6.54 Å². The second kappa shape index (κ2) is 7.70. The normalized spacial score (nSPS) is 18.8. The highest BCUT2D eigenvalue weighted by atomic mass is 32.2. The number of rotatable bonds is 5. The van der Waals surface area contributed by atoms with Gasteiger partial charge in [-0.15, -0.1) is 11.8 Å². The van der Waals surface area contributed by atoms with Crippen LogP contribution in [0.2, 0.25) is 0 Å². The van der Waals surface area contributed by atoms with Gasteiger partial charge in [0.1, 0.15) is 0 Å². The summed E-state index contributed by atoms with van der Waals surface area (Å²) in [5.41, 5.74) is 0. The number of urea groups is 1. The van der Waals surface area contributed by atoms with E-state index in [4.69, 9.17) is 0 Å². The van der Waals surface area contributed by atoms with E-state index in [2.05, 4.69) is 5.32 Å². The molecule has 0 spiro atoms. The monoisotopic (exact) mass is 347 g/mol. The molecule has 0 unspecified atom stereocenters. The quantitative estimate of drug-likeness (QED) is 0.650. The molecular weight excluding hydrogens is 326 g/mol. The molecular formula is C17H21N3O3S. The predicted octanol–water partition coefficient (Wildman–Crippen LogP) is 1.71. The zero-order chi connectivity index (χ0) is 16.9. The van der Waals surface area contributed by atoms with E-state index in [1.165, 1.54) is 9.80 Å². The third kappa shape index (κ3) is 3.90. The summed E-state index contributed by atoms with van der Waals surface area (Å²) in [6, 6.07) is 9.66. The molecule has 128 valence electrons. The molecule has 2 saturated heterocycles. The lowest BCUT2D eigenvalue weighted by Crippen LogP contribution is -2.49. The number of thioether (sulfide) groups is 1. The van der Waals surface area contributed by atoms with Gasteiger partial charge >= 0.3 is 6.03 Å². The summed E-state index contributed by atoms with van der Waals surface area (Å²) in [4.78, 5) is 40.1. The highest BCUT2D eigenvalue weighted by Crippen LogP contribution is 2.21. The molecule has 24 heavy (non-hydrogen) atoms. The van der Waals surface area contributed by atoms with Gasteiger partial charge in [-0.1, -0.05) is 18.2 Å². The second-order valence-electron chi connectivity index (χ2n) is 5.95. The van der Waals surface area contributed by atoms with E-state index in [9.17, 15) is 14.4 Å². The minimum absolute atomic E-state index is 0.0808. The minimum Gasteiger partial charge on any atom is -0.343 e. The molecule has 0 bridgehead atoms. The van der Waals surface area contributed by atoms with Gasteiger partial charge in [0, 0.05) is 36.2 Å². The van der Waals surface area contributed by atoms with E-state index in [0.29, 0.717) is 32.4 Å². The van der Waals surface area contributed by atoms with Crippen molar-refractivity contribution < 1.29 is 14.4 Å². The lowest BCUT2D eigenvalue weighted by atomic mass is 10.0. The van der Waals surface area contributed by atoms with E-state index >= 15 is 0 Å². The molecule has 6 nitrogen and oxygen atoms in total. The lowest BCUT2D eigenvalue weighted by molar-refractivity contribution is -0.133. The Balaban J connectivity index is 1.42. The number of nitrogens with zero attached hydrogens (tertiary/aromatic N) is 2. The molecule has 2 aliphatic rings. The average molecular weight is 347 g/mol. The maximum Gasteiger partial charge on any atom is 0.324 e. The smallest absolute Gasteiger partial charge is 0.324 e. The minimum atomic E-state index is -0.302. The second-order valence-corrected chi connectivity index (χ2v) is 7.11. The van der Waals surface area contributed by atoms with Crippen LogP contribution in [0.15, 0.2) is 35.2 Å². The summed E-state index contributed by atoms with van der Waals surface area (Å²) < 4.78 is 0. The third-order valence-corrected chi connectivity index (χ3v) is 5.40. The Labute approximate surface area is 145 Å². The molecule has 0 atom stereocenters. The van der Waals surface area contributed by atoms with Gasteiger partial charge in [-0.3, -0.25) is 14.5 Å². The number of imide groups is 1. The van der Waals surface area contributed by atoms with Crippen molar-refractivity contribution in [3.05, 3.63) is 30.3 Å². The Morgan fingerprint density at radius 2 is 1.88 bits per heavy atom. The predicted molar refractivity (Wildman–Crippen MR) is 91.6 cm³/mol. The summed E-state index contributed by atoms with van der Waals surface area (Å²) in [7, 11) is 0. The van der Waals surface area contributed by atoms with Crippen LogP contribution in [0.4, 0.5) is 4.79 Å². The van der Waals surface area contributed by atoms with Crippen molar-refractivity contribution in [3.8, 4) is 0 Å². The van der Waals surface area contributed by atoms with Crippen LogP contribution in [0.3, 0.4) is 0 Å². The Kier molecular flexibility index (Phi) is 5.40. The highest BCUT2D eigenvalue weighted by molar-refractivity contribution is 7.99. The number of hydrogen-bond acceptors (Lipinski definition) is 4. The van der Waals surface area contributed by atoms with Gasteiger partial charge in [-0.05, 0) is 25.0 Å². The number of hydrogen-bond donors (Lipinski definition) is 1. The molecule has 2 aliphatic heterocycles. The van der Waals surface area contributed by atoms with Crippen LogP contribution < -0.4 is 5.32 Å². The standard InChI is InChI=1S/C17H21N3O3S/c21-15(8-11-24-14-4-2-1-3-5-14)19-9-6-13(7-10-19)20-16(22)12-18-17(20)23/h1-5,13H,6-12H2,(H,18,23). The van der Waals surface area contributed by atoms with E-state index < -0.39 is 0 Å². The zero-order valence-corrected chi connectivity index (χ0v) is 14.3. The molecule has 2 fully saturated rings. The van der Waals surface area contributed by atoms with Gasteiger partial charge in [0.15, 0.2) is 0 Å². The van der Waals surface area contributed by atoms with Gasteiger partial charge in [0.2, 0.25) is 11.8 Å². The topological polar surface area (TPSA) is 69.7 Å². The van der Waals surface area contributed by atoms with E-state index in [-0.39, 0.29) is 30.4 Å². The van der Waals surface area contributed by atoms with E-state index in [0.717, 1.165) is 5.75 Å². The fourth-order valence-corrected chi connectivity index (χ4v) is 3.97. The SMILES string of the molecule is O=C(CCSc1ccccc1)N1CCC(N2C(=O)CNC2=O)CC1. The van der Waals surface area contributed by atoms with Crippen molar-refractivity contribution in [1.82, 2.24) is 15.1 Å². The molecule has 0 aliphatic carbocycles. The van der Waals surface area contributed by atoms with Crippen molar-refractivity contribution in [3.63, 3.8) is 0 Å². The molecule has 3 rings (SSSR count). The Hall–Kier alpha value is -2.02. The maximum absolute atomic E-state index is 12.3. The Bertz CT molecular complexity index is 599. The van der Waals surface area contributed by atoms with Crippen molar-refractivity contribution in [2.24, 2.45) is 0 Å². The Morgan fingerprint density at radius 3 is 2.50 bits per heavy atom. The summed E-state index contributed by atoms with van der Waals surface area (Å²) >= 11 is 1.68. The summed E-state index contributed by atoms with van der Waals surface area (Å²) in [6.45, 7) is 1.31. The third-order valence-electron chi connectivity index (χ3n) is 4.39. The fraction of sp³-hybridized carbons (Fsp3) is 0.471. The number of nitrogens with one attached hydrogen (secondary N) is 1. The highest BCUT2D eigenvalue weighted by Gasteiger charge is 2.37. The molecule has 0 aromatic heterocycles. The van der Waals surface area contributed by atoms with Gasteiger partial charge < -0.3 is 10.2 Å². The average Bonchev–Trinajstić information content (AvgIpc) is 2.94. The van der Waals surface area contributed by atoms with E-state index in [1.54, 1.807) is 11.8 Å². The lowest BCUT2D eigenvalue weighted by Gasteiger charge is -2.35. The van der Waals surface area contributed by atoms with Crippen molar-refractivity contribution in [1.29, 1.82) is 0 Å². The zero-order valence-electron chi connectivity index (χ0n) is 13.4. The summed E-state index contributed by atoms with van der Waals surface area (Å²) in [5, 5.41) is 2.55. The largest absolute Gasteiger partial charge is 0.343 e. The van der Waals surface area contributed by atoms with Crippen LogP contribution in [0.1, 0.15) is 19.3 Å². The number of benzene rings is 1. The van der Waals surface area contributed by atoms with Crippen molar-refractivity contribution in [2.75, 3.05) is 25.4 Å². The molecule has 0 radical (unpaired) electrons. The number of carbonyl (C=O) groups is 3. The van der Waals surface area contributed by atoms with Gasteiger partial charge in [-0.2, -0.15) is 0 Å². The number of piperidine rings is 1.